The van der Waals surface area contributed by atoms with Crippen molar-refractivity contribution in [2.24, 2.45) is 7.05 Å². The zero-order chi connectivity index (χ0) is 36.8. The third-order valence-electron chi connectivity index (χ3n) is 8.67. The number of hydrogen-bond donors (Lipinski definition) is 2. The smallest absolute Gasteiger partial charge is 0.237 e. The van der Waals surface area contributed by atoms with Crippen molar-refractivity contribution >= 4 is 46.6 Å². The second-order valence-electron chi connectivity index (χ2n) is 11.7. The highest BCUT2D eigenvalue weighted by atomic mass is 32.2. The molecule has 1 atom stereocenters. The van der Waals surface area contributed by atoms with E-state index in [1.165, 1.54) is 17.6 Å². The van der Waals surface area contributed by atoms with E-state index in [-0.39, 0.29) is 5.91 Å². The van der Waals surface area contributed by atoms with E-state index in [1.54, 1.807) is 24.3 Å². The minimum absolute atomic E-state index is 0.258. The zero-order valence-corrected chi connectivity index (χ0v) is 31.2. The van der Waals surface area contributed by atoms with Crippen molar-refractivity contribution in [2.45, 2.75) is 31.9 Å². The number of likely N-dealkylation sites (tertiary alicyclic amines) is 1. The Morgan fingerprint density at radius 2 is 1.78 bits per heavy atom. The van der Waals surface area contributed by atoms with Crippen LogP contribution in [0.3, 0.4) is 0 Å². The molecule has 5 aromatic rings. The molecule has 7 rings (SSSR count). The molecular weight excluding hydrogens is 663 g/mol. The summed E-state index contributed by atoms with van der Waals surface area (Å²) in [7, 11) is 5.37. The number of nitrogens with zero attached hydrogens (tertiary/aromatic N) is 7. The molecule has 1 saturated heterocycles. The van der Waals surface area contributed by atoms with E-state index in [1.807, 2.05) is 75.7 Å². The van der Waals surface area contributed by atoms with Gasteiger partial charge in [-0.3, -0.25) is 19.5 Å². The lowest BCUT2D eigenvalue weighted by Crippen LogP contribution is -2.41. The first-order valence-electron chi connectivity index (χ1n) is 17.1. The number of benzene rings is 2. The molecule has 2 aliphatic heterocycles. The first-order chi connectivity index (χ1) is 24.9. The third kappa shape index (κ3) is 10.0. The number of nitrogens with one attached hydrogen (secondary N) is 2. The van der Waals surface area contributed by atoms with Crippen LogP contribution >= 0.6 is 11.8 Å². The van der Waals surface area contributed by atoms with E-state index < -0.39 is 0 Å². The summed E-state index contributed by atoms with van der Waals surface area (Å²) in [6.07, 6.45) is 9.93. The van der Waals surface area contributed by atoms with Crippen LogP contribution in [0, 0.1) is 0 Å². The minimum atomic E-state index is 0.258. The molecule has 0 radical (unpaired) electrons. The van der Waals surface area contributed by atoms with Crippen LogP contribution in [-0.4, -0.2) is 111 Å². The summed E-state index contributed by atoms with van der Waals surface area (Å²) in [6.45, 7) is 10.2. The molecule has 270 valence electrons. The Balaban J connectivity index is 0.000000221. The van der Waals surface area contributed by atoms with Crippen molar-refractivity contribution in [3.8, 4) is 28.5 Å². The summed E-state index contributed by atoms with van der Waals surface area (Å²) in [6, 6.07) is 18.3. The number of aromatic nitrogens is 6. The normalized spacial score (nSPS) is 15.4. The number of thioether (sulfide) groups is 1. The molecule has 3 aromatic heterocycles. The summed E-state index contributed by atoms with van der Waals surface area (Å²) in [4.78, 5) is 33.4. The van der Waals surface area contributed by atoms with Gasteiger partial charge in [-0.15, -0.1) is 0 Å². The molecule has 2 aliphatic rings. The number of amides is 1. The van der Waals surface area contributed by atoms with Crippen LogP contribution in [-0.2, 0) is 16.6 Å². The van der Waals surface area contributed by atoms with E-state index in [2.05, 4.69) is 78.1 Å². The second kappa shape index (κ2) is 19.4. The first-order valence-corrected chi connectivity index (χ1v) is 18.4. The summed E-state index contributed by atoms with van der Waals surface area (Å²) < 4.78 is 6.77. The molecule has 1 amide bonds. The number of fused-ring (bicyclic) bond motifs is 1. The summed E-state index contributed by atoms with van der Waals surface area (Å²) >= 11 is 1.91. The number of aromatic amines is 1. The Morgan fingerprint density at radius 3 is 2.37 bits per heavy atom. The number of anilines is 1. The lowest BCUT2D eigenvalue weighted by molar-refractivity contribution is -0.131. The Kier molecular flexibility index (Phi) is 14.8. The van der Waals surface area contributed by atoms with Crippen molar-refractivity contribution in [1.82, 2.24) is 39.7 Å². The molecule has 1 fully saturated rings. The molecule has 2 aromatic carbocycles. The maximum absolute atomic E-state index is 12.6. The fraction of sp³-hybridized carbons (Fsp3) is 0.368. The Labute approximate surface area is 304 Å². The van der Waals surface area contributed by atoms with Gasteiger partial charge in [0.05, 0.1) is 19.2 Å². The van der Waals surface area contributed by atoms with Crippen molar-refractivity contribution in [2.75, 3.05) is 58.5 Å². The van der Waals surface area contributed by atoms with Crippen LogP contribution in [0.15, 0.2) is 73.2 Å². The molecule has 0 aliphatic carbocycles. The van der Waals surface area contributed by atoms with Gasteiger partial charge in [-0.1, -0.05) is 44.2 Å². The number of hydrogen-bond acceptors (Lipinski definition) is 10. The van der Waals surface area contributed by atoms with Gasteiger partial charge in [-0.05, 0) is 61.0 Å². The molecule has 2 N–H and O–H groups in total. The van der Waals surface area contributed by atoms with Gasteiger partial charge in [-0.25, -0.2) is 9.97 Å². The highest BCUT2D eigenvalue weighted by Gasteiger charge is 2.26. The van der Waals surface area contributed by atoms with Gasteiger partial charge in [0.2, 0.25) is 11.8 Å². The number of H-pyrrole nitrogens is 1. The molecule has 12 nitrogen and oxygen atoms in total. The Morgan fingerprint density at radius 1 is 1.04 bits per heavy atom. The van der Waals surface area contributed by atoms with Crippen LogP contribution in [0.5, 0.6) is 5.88 Å². The monoisotopic (exact) mass is 711 g/mol. The van der Waals surface area contributed by atoms with Gasteiger partial charge < -0.3 is 19.7 Å². The van der Waals surface area contributed by atoms with Gasteiger partial charge in [0, 0.05) is 73.4 Å². The fourth-order valence-corrected chi connectivity index (χ4v) is 6.62. The largest absolute Gasteiger partial charge is 0.481 e. The highest BCUT2D eigenvalue weighted by molar-refractivity contribution is 7.99. The van der Waals surface area contributed by atoms with Gasteiger partial charge in [-0.2, -0.15) is 22.0 Å². The van der Waals surface area contributed by atoms with Crippen molar-refractivity contribution < 1.29 is 14.3 Å². The number of aryl methyl sites for hydroxylation is 1. The lowest BCUT2D eigenvalue weighted by atomic mass is 9.98. The van der Waals surface area contributed by atoms with Gasteiger partial charge in [0.15, 0.2) is 5.82 Å². The average molecular weight is 712 g/mol. The molecule has 0 bridgehead atoms. The number of methoxy groups -OCH3 is 1. The van der Waals surface area contributed by atoms with Crippen LogP contribution in [0.4, 0.5) is 5.69 Å². The van der Waals surface area contributed by atoms with Crippen molar-refractivity contribution in [1.29, 1.82) is 0 Å². The summed E-state index contributed by atoms with van der Waals surface area (Å²) in [5.74, 6) is 1.60. The second-order valence-corrected chi connectivity index (χ2v) is 12.8. The van der Waals surface area contributed by atoms with E-state index in [0.29, 0.717) is 24.2 Å². The maximum atomic E-state index is 12.6. The average Bonchev–Trinajstić information content (AvgIpc) is 3.96. The third-order valence-corrected chi connectivity index (χ3v) is 9.72. The quantitative estimate of drug-likeness (QED) is 0.196. The number of ether oxygens (including phenoxy) is 1. The maximum Gasteiger partial charge on any atom is 0.237 e. The standard InChI is InChI=1S/C21H27N5OS.C14H14N4O.C2H6.CH2O/c1-24-15-22-21(23-24)18-5-3-16(4-6-18)17-7-11-26(12-8-17)20(27)14-25-10-9-19(13-25)28-2;1-15-10-4-5-12-11(7-10)14(18-17-12)9-3-6-13(19-2)16-8-9;2*1-2/h3-7,15,19H,8-14H2,1-2H3;3-8,15H,1-2H3,(H,17,18);1-2H3;1H2/t19-;;;/m0.../s1. The van der Waals surface area contributed by atoms with Crippen molar-refractivity contribution in [3.05, 3.63) is 78.8 Å². The molecule has 13 heteroatoms. The molecule has 5 heterocycles. The predicted octanol–water partition coefficient (Wildman–Crippen LogP) is 6.05. The Hall–Kier alpha value is -5.01. The fourth-order valence-electron chi connectivity index (χ4n) is 5.92. The highest BCUT2D eigenvalue weighted by Crippen LogP contribution is 2.29. The van der Waals surface area contributed by atoms with E-state index in [4.69, 9.17) is 9.53 Å². The van der Waals surface area contributed by atoms with Crippen LogP contribution in [0.2, 0.25) is 0 Å². The topological polar surface area (TPSA) is 134 Å². The SMILES string of the molecule is C=O.CC.CNc1ccc2[nH]nc(-c3ccc(OC)nc3)c2c1.CS[C@H]1CCN(CC(=O)N2CC=C(c3ccc(-c4ncn(C)n4)cc3)CC2)C1. The molecule has 0 saturated carbocycles. The van der Waals surface area contributed by atoms with Crippen LogP contribution < -0.4 is 10.1 Å². The number of carbonyl (C=O) groups is 2. The van der Waals surface area contributed by atoms with Gasteiger partial charge >= 0.3 is 0 Å². The van der Waals surface area contributed by atoms with E-state index in [9.17, 15) is 4.79 Å². The molecular formula is C38H49N9O3S. The van der Waals surface area contributed by atoms with E-state index >= 15 is 0 Å². The first kappa shape index (κ1) is 38.8. The van der Waals surface area contributed by atoms with Crippen molar-refractivity contribution in [3.63, 3.8) is 0 Å². The molecule has 0 spiro atoms. The van der Waals surface area contributed by atoms with E-state index in [0.717, 1.165) is 65.3 Å². The summed E-state index contributed by atoms with van der Waals surface area (Å²) in [5.41, 5.74) is 7.46. The number of carbonyl (C=O) groups excluding carboxylic acids is 2. The Bertz CT molecular complexity index is 1850. The lowest BCUT2D eigenvalue weighted by Gasteiger charge is -2.28. The number of pyridine rings is 1. The molecule has 51 heavy (non-hydrogen) atoms. The number of rotatable bonds is 8. The summed E-state index contributed by atoms with van der Waals surface area (Å²) in [5, 5.41) is 16.6. The van der Waals surface area contributed by atoms with Crippen LogP contribution in [0.1, 0.15) is 32.3 Å². The molecule has 0 unspecified atom stereocenters. The predicted molar refractivity (Wildman–Crippen MR) is 208 cm³/mol. The minimum Gasteiger partial charge on any atom is -0.481 e. The van der Waals surface area contributed by atoms with Crippen LogP contribution in [0.25, 0.3) is 39.1 Å². The van der Waals surface area contributed by atoms with Gasteiger partial charge in [0.1, 0.15) is 18.8 Å². The van der Waals surface area contributed by atoms with Gasteiger partial charge in [0.25, 0.3) is 0 Å². The zero-order valence-electron chi connectivity index (χ0n) is 30.4.